The quantitative estimate of drug-likeness (QED) is 0.0285. The van der Waals surface area contributed by atoms with Gasteiger partial charge in [0.25, 0.3) is 0 Å². The highest BCUT2D eigenvalue weighted by molar-refractivity contribution is 5.72. The summed E-state index contributed by atoms with van der Waals surface area (Å²) in [4.78, 5) is 37.0. The molecule has 1 N–H and O–H groups in total. The van der Waals surface area contributed by atoms with Crippen LogP contribution in [-0.2, 0) is 28.6 Å². The molecule has 0 bridgehead atoms. The number of aliphatic carboxylic acids is 1. The number of hydrogen-bond donors (Lipinski definition) is 1. The standard InChI is InChI=1S/C48H87NO7/c1-6-8-10-12-14-16-18-20-22-23-24-25-27-29-31-33-35-37-39-47(51)56-44(42-54-41-40-45(48(52)53)49(3,4)5)43-55-46(50)38-36-34-32-30-28-26-21-19-17-15-13-11-9-7-2/h9,11,15,17,24-25,44-45H,6-8,10,12-14,16,18-23,26-43H2,1-5H3/p+1/b11-9+,17-15+,25-24+. The van der Waals surface area contributed by atoms with Crippen molar-refractivity contribution in [3.63, 3.8) is 0 Å². The monoisotopic (exact) mass is 791 g/mol. The maximum atomic E-state index is 12.7. The van der Waals surface area contributed by atoms with Crippen molar-refractivity contribution in [1.82, 2.24) is 0 Å². The van der Waals surface area contributed by atoms with Crippen LogP contribution in [0.15, 0.2) is 36.5 Å². The summed E-state index contributed by atoms with van der Waals surface area (Å²) < 4.78 is 17.3. The maximum absolute atomic E-state index is 12.7. The lowest BCUT2D eigenvalue weighted by molar-refractivity contribution is -0.887. The summed E-state index contributed by atoms with van der Waals surface area (Å²) in [5.41, 5.74) is 0. The van der Waals surface area contributed by atoms with Crippen LogP contribution in [-0.4, -0.2) is 80.6 Å². The number of ether oxygens (including phenoxy) is 3. The molecule has 8 heteroatoms. The Morgan fingerprint density at radius 1 is 0.554 bits per heavy atom. The Labute approximate surface area is 344 Å². The van der Waals surface area contributed by atoms with E-state index in [1.807, 2.05) is 21.1 Å². The molecule has 2 unspecified atom stereocenters. The van der Waals surface area contributed by atoms with E-state index in [9.17, 15) is 19.5 Å². The number of nitrogens with zero attached hydrogens (tertiary/aromatic N) is 1. The number of esters is 2. The van der Waals surface area contributed by atoms with E-state index in [4.69, 9.17) is 14.2 Å². The van der Waals surface area contributed by atoms with Crippen LogP contribution in [0.2, 0.25) is 0 Å². The molecule has 0 aliphatic rings. The fourth-order valence-corrected chi connectivity index (χ4v) is 6.71. The Morgan fingerprint density at radius 2 is 1.00 bits per heavy atom. The summed E-state index contributed by atoms with van der Waals surface area (Å²) >= 11 is 0. The third-order valence-corrected chi connectivity index (χ3v) is 10.3. The van der Waals surface area contributed by atoms with Crippen molar-refractivity contribution in [3.05, 3.63) is 36.5 Å². The number of allylic oxidation sites excluding steroid dienone is 6. The first-order valence-corrected chi connectivity index (χ1v) is 23.0. The van der Waals surface area contributed by atoms with Gasteiger partial charge >= 0.3 is 17.9 Å². The van der Waals surface area contributed by atoms with E-state index in [-0.39, 0.29) is 36.2 Å². The van der Waals surface area contributed by atoms with E-state index in [2.05, 4.69) is 50.3 Å². The molecule has 0 saturated heterocycles. The summed E-state index contributed by atoms with van der Waals surface area (Å²) in [5.74, 6) is -1.48. The smallest absolute Gasteiger partial charge is 0.362 e. The molecular weight excluding hydrogens is 703 g/mol. The molecule has 2 atom stereocenters. The van der Waals surface area contributed by atoms with E-state index >= 15 is 0 Å². The van der Waals surface area contributed by atoms with Gasteiger partial charge in [0, 0.05) is 19.3 Å². The van der Waals surface area contributed by atoms with Gasteiger partial charge < -0.3 is 23.8 Å². The third-order valence-electron chi connectivity index (χ3n) is 10.3. The van der Waals surface area contributed by atoms with Crippen LogP contribution in [0.3, 0.4) is 0 Å². The van der Waals surface area contributed by atoms with Gasteiger partial charge in [-0.3, -0.25) is 9.59 Å². The van der Waals surface area contributed by atoms with Gasteiger partial charge in [-0.05, 0) is 64.2 Å². The van der Waals surface area contributed by atoms with Crippen LogP contribution in [0, 0.1) is 0 Å². The first kappa shape index (κ1) is 53.6. The number of carboxylic acid groups (broad SMARTS) is 1. The van der Waals surface area contributed by atoms with Crippen LogP contribution in [0.1, 0.15) is 200 Å². The molecule has 0 aromatic rings. The lowest BCUT2D eigenvalue weighted by atomic mass is 10.1. The molecule has 0 rings (SSSR count). The Kier molecular flexibility index (Phi) is 37.7. The molecule has 0 aliphatic carbocycles. The van der Waals surface area contributed by atoms with Crippen molar-refractivity contribution >= 4 is 17.9 Å². The molecule has 0 fully saturated rings. The number of rotatable bonds is 41. The lowest BCUT2D eigenvalue weighted by Crippen LogP contribution is -2.50. The first-order chi connectivity index (χ1) is 27.1. The summed E-state index contributed by atoms with van der Waals surface area (Å²) in [6, 6.07) is -0.616. The number of carbonyl (C=O) groups is 3. The zero-order chi connectivity index (χ0) is 41.4. The zero-order valence-electron chi connectivity index (χ0n) is 37.1. The molecule has 0 aliphatic heterocycles. The minimum atomic E-state index is -0.877. The SMILES string of the molecule is CC/C=C/C/C=C/CCCCCCCCCC(=O)OCC(COCCC(C(=O)O)[N+](C)(C)C)OC(=O)CCCCCCC/C=C/CCCCCCCCCCC. The predicted octanol–water partition coefficient (Wildman–Crippen LogP) is 12.6. The fraction of sp³-hybridized carbons (Fsp3) is 0.812. The molecule has 326 valence electrons. The van der Waals surface area contributed by atoms with Crippen LogP contribution in [0.5, 0.6) is 0 Å². The van der Waals surface area contributed by atoms with Gasteiger partial charge in [-0.1, -0.05) is 153 Å². The Balaban J connectivity index is 4.32. The molecule has 0 spiro atoms. The Morgan fingerprint density at radius 3 is 1.48 bits per heavy atom. The van der Waals surface area contributed by atoms with Crippen molar-refractivity contribution in [2.75, 3.05) is 41.0 Å². The van der Waals surface area contributed by atoms with Crippen molar-refractivity contribution in [1.29, 1.82) is 0 Å². The largest absolute Gasteiger partial charge is 0.477 e. The molecule has 56 heavy (non-hydrogen) atoms. The number of carboxylic acids is 1. The number of carbonyl (C=O) groups excluding carboxylic acids is 2. The Hall–Kier alpha value is -2.45. The first-order valence-electron chi connectivity index (χ1n) is 23.0. The van der Waals surface area contributed by atoms with Crippen molar-refractivity contribution in [2.24, 2.45) is 0 Å². The van der Waals surface area contributed by atoms with E-state index in [0.717, 1.165) is 70.6 Å². The maximum Gasteiger partial charge on any atom is 0.362 e. The van der Waals surface area contributed by atoms with Crippen LogP contribution in [0.25, 0.3) is 0 Å². The number of unbranched alkanes of at least 4 members (excludes halogenated alkanes) is 21. The molecule has 0 aromatic carbocycles. The average Bonchev–Trinajstić information content (AvgIpc) is 3.15. The van der Waals surface area contributed by atoms with Crippen LogP contribution >= 0.6 is 0 Å². The summed E-state index contributed by atoms with van der Waals surface area (Å²) in [7, 11) is 5.52. The third kappa shape index (κ3) is 37.1. The summed E-state index contributed by atoms with van der Waals surface area (Å²) in [6.07, 6.45) is 44.7. The normalized spacial score (nSPS) is 13.2. The second-order valence-corrected chi connectivity index (χ2v) is 16.6. The van der Waals surface area contributed by atoms with Gasteiger partial charge in [-0.15, -0.1) is 0 Å². The second-order valence-electron chi connectivity index (χ2n) is 16.6. The van der Waals surface area contributed by atoms with Gasteiger partial charge in [-0.2, -0.15) is 0 Å². The van der Waals surface area contributed by atoms with E-state index in [1.54, 1.807) is 0 Å². The van der Waals surface area contributed by atoms with Gasteiger partial charge in [0.1, 0.15) is 6.61 Å². The average molecular weight is 791 g/mol. The van der Waals surface area contributed by atoms with Gasteiger partial charge in [0.05, 0.1) is 34.4 Å². The van der Waals surface area contributed by atoms with E-state index in [1.165, 1.54) is 96.3 Å². The molecular formula is C48H88NO7+. The van der Waals surface area contributed by atoms with Crippen molar-refractivity contribution < 1.29 is 38.2 Å². The van der Waals surface area contributed by atoms with E-state index < -0.39 is 18.1 Å². The van der Waals surface area contributed by atoms with Crippen LogP contribution in [0.4, 0.5) is 0 Å². The molecule has 8 nitrogen and oxygen atoms in total. The number of quaternary nitrogens is 1. The van der Waals surface area contributed by atoms with Gasteiger partial charge in [-0.25, -0.2) is 4.79 Å². The minimum Gasteiger partial charge on any atom is -0.477 e. The number of hydrogen-bond acceptors (Lipinski definition) is 6. The van der Waals surface area contributed by atoms with E-state index in [0.29, 0.717) is 19.3 Å². The highest BCUT2D eigenvalue weighted by atomic mass is 16.6. The summed E-state index contributed by atoms with van der Waals surface area (Å²) in [5, 5.41) is 9.62. The zero-order valence-corrected chi connectivity index (χ0v) is 37.1. The van der Waals surface area contributed by atoms with Crippen LogP contribution < -0.4 is 0 Å². The predicted molar refractivity (Wildman–Crippen MR) is 234 cm³/mol. The highest BCUT2D eigenvalue weighted by Gasteiger charge is 2.31. The lowest BCUT2D eigenvalue weighted by Gasteiger charge is -2.31. The minimum absolute atomic E-state index is 0.0564. The second kappa shape index (κ2) is 39.4. The topological polar surface area (TPSA) is 99.1 Å². The molecule has 0 aromatic heterocycles. The Bertz CT molecular complexity index is 1020. The molecule has 0 saturated carbocycles. The number of likely N-dealkylation sites (N-methyl/N-ethyl adjacent to an activating group) is 1. The highest BCUT2D eigenvalue weighted by Crippen LogP contribution is 2.14. The van der Waals surface area contributed by atoms with Gasteiger partial charge in [0.2, 0.25) is 0 Å². The molecule has 0 amide bonds. The van der Waals surface area contributed by atoms with Crippen molar-refractivity contribution in [2.45, 2.75) is 212 Å². The summed E-state index contributed by atoms with van der Waals surface area (Å²) in [6.45, 7) is 4.63. The molecule has 0 radical (unpaired) electrons. The fourth-order valence-electron chi connectivity index (χ4n) is 6.71. The molecule has 0 heterocycles. The van der Waals surface area contributed by atoms with Gasteiger partial charge in [0.15, 0.2) is 12.1 Å². The van der Waals surface area contributed by atoms with Crippen molar-refractivity contribution in [3.8, 4) is 0 Å².